The molecule has 26 heavy (non-hydrogen) atoms. The van der Waals surface area contributed by atoms with Crippen LogP contribution in [-0.2, 0) is 24.2 Å². The molecule has 0 amide bonds. The monoisotopic (exact) mass is 464 g/mol. The number of ether oxygens (including phenoxy) is 2. The van der Waals surface area contributed by atoms with Crippen molar-refractivity contribution < 1.29 is 58.5 Å². The van der Waals surface area contributed by atoms with Gasteiger partial charge in [0.25, 0.3) is 0 Å². The summed E-state index contributed by atoms with van der Waals surface area (Å²) in [5.41, 5.74) is 0. The second kappa shape index (κ2) is 12.9. The number of halogens is 2. The number of hydrogen-bond donors (Lipinski definition) is 0. The Morgan fingerprint density at radius 2 is 1.08 bits per heavy atom. The second-order valence-corrected chi connectivity index (χ2v) is 5.04. The Bertz CT molecular complexity index is 825. The van der Waals surface area contributed by atoms with Gasteiger partial charge in [-0.05, 0) is 0 Å². The molecule has 0 aliphatic carbocycles. The Kier molecular flexibility index (Phi) is 12.2. The van der Waals surface area contributed by atoms with Gasteiger partial charge < -0.3 is 34.3 Å². The normalized spacial score (nSPS) is 8.92. The van der Waals surface area contributed by atoms with Gasteiger partial charge in [-0.1, -0.05) is 24.3 Å². The number of fused-ring (bicyclic) bond motifs is 2. The van der Waals surface area contributed by atoms with Gasteiger partial charge in [-0.15, -0.1) is 45.8 Å². The molecule has 0 bridgehead atoms. The van der Waals surface area contributed by atoms with Gasteiger partial charge in [0, 0.05) is 0 Å². The fraction of sp³-hybridized carbons (Fsp3) is 0.0952. The van der Waals surface area contributed by atoms with E-state index in [1.54, 1.807) is 14.2 Å². The quantitative estimate of drug-likeness (QED) is 0.357. The minimum Gasteiger partial charge on any atom is -1.00 e. The predicted octanol–water partition coefficient (Wildman–Crippen LogP) is -0.892. The summed E-state index contributed by atoms with van der Waals surface area (Å²) < 4.78 is 13.5. The zero-order valence-electron chi connectivity index (χ0n) is 14.7. The fourth-order valence-electron chi connectivity index (χ4n) is 2.46. The van der Waals surface area contributed by atoms with Gasteiger partial charge in [0.15, 0.2) is 0 Å². The van der Waals surface area contributed by atoms with Crippen LogP contribution in [0.2, 0.25) is 0 Å². The molecule has 0 saturated heterocycles. The van der Waals surface area contributed by atoms with Gasteiger partial charge in [-0.2, -0.15) is 24.3 Å². The van der Waals surface area contributed by atoms with Crippen molar-refractivity contribution in [3.8, 4) is 11.5 Å². The first kappa shape index (κ1) is 24.6. The molecule has 0 aliphatic rings. The van der Waals surface area contributed by atoms with E-state index in [1.165, 1.54) is 45.8 Å². The third kappa shape index (κ3) is 6.39. The van der Waals surface area contributed by atoms with Crippen LogP contribution in [0.15, 0.2) is 72.8 Å². The third-order valence-electron chi connectivity index (χ3n) is 3.69. The molecule has 2 nitrogen and oxygen atoms in total. The molecule has 4 aromatic carbocycles. The van der Waals surface area contributed by atoms with Crippen LogP contribution in [0.4, 0.5) is 0 Å². The van der Waals surface area contributed by atoms with E-state index < -0.39 is 0 Å². The van der Waals surface area contributed by atoms with Crippen LogP contribution < -0.4 is 34.3 Å². The van der Waals surface area contributed by atoms with Gasteiger partial charge >= 0.3 is 28.4 Å². The van der Waals surface area contributed by atoms with E-state index >= 15 is 0 Å². The summed E-state index contributed by atoms with van der Waals surface area (Å²) in [4.78, 5) is 0. The SMILES string of the molecule is COc1ccc2[cH-]ccc2c1.COc1ccc2[cH-]ccc2c1.[CH2]=[Zr+2].[Cl-].[Cl-]. The van der Waals surface area contributed by atoms with Crippen molar-refractivity contribution >= 4 is 25.8 Å². The Balaban J connectivity index is 0.000000410. The number of benzene rings is 2. The van der Waals surface area contributed by atoms with E-state index in [1.807, 2.05) is 36.4 Å². The molecule has 0 fully saturated rings. The van der Waals surface area contributed by atoms with Crippen LogP contribution in [0.5, 0.6) is 11.5 Å². The standard InChI is InChI=1S/2C10H9O.CH2.2ClH.Zr/c2*1-11-10-6-5-8-3-2-4-9(8)7-10;;;;/h2*2-7H,1H3;1H2;2*1H;/q2*-1;;;;+2/p-2. The average Bonchev–Trinajstić information content (AvgIpc) is 3.31. The molecule has 0 radical (unpaired) electrons. The van der Waals surface area contributed by atoms with Crippen molar-refractivity contribution in [1.82, 2.24) is 0 Å². The Morgan fingerprint density at radius 3 is 1.42 bits per heavy atom. The molecule has 0 unspecified atom stereocenters. The van der Waals surface area contributed by atoms with Crippen LogP contribution in [0.1, 0.15) is 0 Å². The molecular weight excluding hydrogens is 446 g/mol. The summed E-state index contributed by atoms with van der Waals surface area (Å²) in [6.45, 7) is 0. The maximum Gasteiger partial charge on any atom is -1.00 e. The predicted molar refractivity (Wildman–Crippen MR) is 99.3 cm³/mol. The molecule has 0 aliphatic heterocycles. The van der Waals surface area contributed by atoms with E-state index in [2.05, 4.69) is 40.6 Å². The van der Waals surface area contributed by atoms with Crippen molar-refractivity contribution in [3.05, 3.63) is 72.8 Å². The summed E-state index contributed by atoms with van der Waals surface area (Å²) in [6.07, 6.45) is 0. The smallest absolute Gasteiger partial charge is 1.00 e. The van der Waals surface area contributed by atoms with Crippen molar-refractivity contribution in [2.75, 3.05) is 14.2 Å². The van der Waals surface area contributed by atoms with E-state index in [4.69, 9.17) is 9.47 Å². The summed E-state index contributed by atoms with van der Waals surface area (Å²) in [5.74, 6) is 1.84. The maximum atomic E-state index is 5.09. The van der Waals surface area contributed by atoms with Crippen LogP contribution in [0, 0.1) is 0 Å². The van der Waals surface area contributed by atoms with E-state index in [9.17, 15) is 0 Å². The largest absolute Gasteiger partial charge is 1.00 e. The molecule has 4 aromatic rings. The molecule has 0 saturated carbocycles. The Hall–Kier alpha value is -1.41. The third-order valence-corrected chi connectivity index (χ3v) is 3.69. The molecule has 0 spiro atoms. The van der Waals surface area contributed by atoms with E-state index in [0.29, 0.717) is 0 Å². The minimum atomic E-state index is 0. The number of hydrogen-bond acceptors (Lipinski definition) is 2. The van der Waals surface area contributed by atoms with Crippen molar-refractivity contribution in [3.63, 3.8) is 0 Å². The Morgan fingerprint density at radius 1 is 0.692 bits per heavy atom. The number of rotatable bonds is 2. The summed E-state index contributed by atoms with van der Waals surface area (Å²) in [5, 5.41) is 5.02. The van der Waals surface area contributed by atoms with Crippen molar-refractivity contribution in [2.45, 2.75) is 0 Å². The molecule has 0 heterocycles. The molecule has 0 atom stereocenters. The zero-order valence-corrected chi connectivity index (χ0v) is 18.7. The topological polar surface area (TPSA) is 18.5 Å². The van der Waals surface area contributed by atoms with E-state index in [-0.39, 0.29) is 24.8 Å². The first-order valence-corrected chi connectivity index (χ1v) is 9.28. The van der Waals surface area contributed by atoms with Gasteiger partial charge in [-0.25, -0.2) is 0 Å². The summed E-state index contributed by atoms with van der Waals surface area (Å²) in [6, 6.07) is 24.6. The summed E-state index contributed by atoms with van der Waals surface area (Å²) >= 11 is 1.30. The molecule has 0 aromatic heterocycles. The molecule has 5 heteroatoms. The van der Waals surface area contributed by atoms with Crippen LogP contribution >= 0.6 is 0 Å². The van der Waals surface area contributed by atoms with E-state index in [0.717, 1.165) is 11.5 Å². The molecule has 4 rings (SSSR count). The molecular formula is C21H20Cl2O2Zr-2. The summed E-state index contributed by atoms with van der Waals surface area (Å²) in [7, 11) is 3.37. The zero-order chi connectivity index (χ0) is 17.4. The first-order valence-electron chi connectivity index (χ1n) is 7.54. The van der Waals surface area contributed by atoms with Gasteiger partial charge in [0.1, 0.15) is 0 Å². The second-order valence-electron chi connectivity index (χ2n) is 5.04. The fourth-order valence-corrected chi connectivity index (χ4v) is 2.46. The van der Waals surface area contributed by atoms with Gasteiger partial charge in [0.2, 0.25) is 0 Å². The van der Waals surface area contributed by atoms with Crippen LogP contribution in [-0.4, -0.2) is 18.4 Å². The average molecular weight is 467 g/mol. The van der Waals surface area contributed by atoms with Crippen LogP contribution in [0.3, 0.4) is 0 Å². The minimum absolute atomic E-state index is 0. The molecule has 0 N–H and O–H groups in total. The maximum absolute atomic E-state index is 5.09. The van der Waals surface area contributed by atoms with Crippen molar-refractivity contribution in [2.24, 2.45) is 0 Å². The van der Waals surface area contributed by atoms with Crippen LogP contribution in [0.25, 0.3) is 21.5 Å². The van der Waals surface area contributed by atoms with Crippen molar-refractivity contribution in [1.29, 1.82) is 0 Å². The van der Waals surface area contributed by atoms with Gasteiger partial charge in [-0.3, -0.25) is 0 Å². The van der Waals surface area contributed by atoms with Gasteiger partial charge in [0.05, 0.1) is 25.7 Å². The Labute approximate surface area is 182 Å². The molecule has 136 valence electrons. The first-order chi connectivity index (χ1) is 11.8. The number of methoxy groups -OCH3 is 2.